The molecule has 1 aliphatic heterocycles. The molecule has 2 atom stereocenters. The Balaban J connectivity index is 2.35. The van der Waals surface area contributed by atoms with Gasteiger partial charge in [-0.25, -0.2) is 4.79 Å². The standard InChI is InChI=1S/C16H21NO3/c1-10-7-13(9-14(8-10)16(19)20)15(18)17-11(2)5-4-6-12(17)3/h7-9,11-12H,4-6H2,1-3H3,(H,19,20). The van der Waals surface area contributed by atoms with Gasteiger partial charge in [-0.05, 0) is 63.8 Å². The number of nitrogens with zero attached hydrogens (tertiary/aromatic N) is 1. The van der Waals surface area contributed by atoms with Crippen molar-refractivity contribution < 1.29 is 14.7 Å². The highest BCUT2D eigenvalue weighted by molar-refractivity contribution is 5.98. The second-order valence-corrected chi connectivity index (χ2v) is 5.73. The topological polar surface area (TPSA) is 57.6 Å². The number of hydrogen-bond donors (Lipinski definition) is 1. The van der Waals surface area contributed by atoms with Gasteiger partial charge in [-0.15, -0.1) is 0 Å². The molecule has 108 valence electrons. The summed E-state index contributed by atoms with van der Waals surface area (Å²) in [7, 11) is 0. The number of carbonyl (C=O) groups is 2. The van der Waals surface area contributed by atoms with Gasteiger partial charge >= 0.3 is 5.97 Å². The molecule has 1 aromatic carbocycles. The molecule has 0 aromatic heterocycles. The molecule has 4 heteroatoms. The zero-order chi connectivity index (χ0) is 14.9. The van der Waals surface area contributed by atoms with Crippen molar-refractivity contribution in [3.05, 3.63) is 34.9 Å². The lowest BCUT2D eigenvalue weighted by molar-refractivity contribution is 0.0510. The number of aryl methyl sites for hydroxylation is 1. The largest absolute Gasteiger partial charge is 0.478 e. The van der Waals surface area contributed by atoms with Crippen molar-refractivity contribution in [3.63, 3.8) is 0 Å². The van der Waals surface area contributed by atoms with Crippen molar-refractivity contribution in [1.29, 1.82) is 0 Å². The molecule has 2 unspecified atom stereocenters. The Hall–Kier alpha value is -1.84. The molecule has 1 fully saturated rings. The van der Waals surface area contributed by atoms with E-state index in [1.54, 1.807) is 12.1 Å². The molecule has 2 rings (SSSR count). The fourth-order valence-corrected chi connectivity index (χ4v) is 3.00. The molecular weight excluding hydrogens is 254 g/mol. The third-order valence-corrected chi connectivity index (χ3v) is 4.00. The summed E-state index contributed by atoms with van der Waals surface area (Å²) in [6, 6.07) is 5.25. The lowest BCUT2D eigenvalue weighted by Crippen LogP contribution is -2.47. The number of amides is 1. The predicted octanol–water partition coefficient (Wildman–Crippen LogP) is 3.10. The summed E-state index contributed by atoms with van der Waals surface area (Å²) in [5.41, 5.74) is 1.44. The van der Waals surface area contributed by atoms with Crippen LogP contribution in [0.1, 0.15) is 59.4 Å². The average molecular weight is 275 g/mol. The summed E-state index contributed by atoms with van der Waals surface area (Å²) in [6.45, 7) is 5.93. The first-order valence-corrected chi connectivity index (χ1v) is 7.08. The molecule has 1 aromatic rings. The zero-order valence-electron chi connectivity index (χ0n) is 12.2. The molecule has 1 amide bonds. The molecule has 0 radical (unpaired) electrons. The average Bonchev–Trinajstić information content (AvgIpc) is 2.37. The monoisotopic (exact) mass is 275 g/mol. The summed E-state index contributed by atoms with van der Waals surface area (Å²) in [5, 5.41) is 9.10. The van der Waals surface area contributed by atoms with Crippen LogP contribution in [0.4, 0.5) is 0 Å². The van der Waals surface area contributed by atoms with E-state index in [0.29, 0.717) is 5.56 Å². The number of piperidine rings is 1. The molecule has 1 heterocycles. The van der Waals surface area contributed by atoms with Crippen LogP contribution in [0.5, 0.6) is 0 Å². The van der Waals surface area contributed by atoms with Crippen LogP contribution >= 0.6 is 0 Å². The highest BCUT2D eigenvalue weighted by Crippen LogP contribution is 2.25. The minimum absolute atomic E-state index is 0.0594. The molecule has 1 saturated heterocycles. The van der Waals surface area contributed by atoms with Crippen molar-refractivity contribution in [2.75, 3.05) is 0 Å². The Labute approximate surface area is 119 Å². The van der Waals surface area contributed by atoms with E-state index in [1.165, 1.54) is 6.07 Å². The molecule has 0 saturated carbocycles. The van der Waals surface area contributed by atoms with Crippen molar-refractivity contribution in [2.45, 2.75) is 52.1 Å². The normalized spacial score (nSPS) is 22.6. The molecule has 0 aliphatic carbocycles. The second kappa shape index (κ2) is 5.65. The van der Waals surface area contributed by atoms with Crippen molar-refractivity contribution in [1.82, 2.24) is 4.90 Å². The predicted molar refractivity (Wildman–Crippen MR) is 77.1 cm³/mol. The minimum Gasteiger partial charge on any atom is -0.478 e. The smallest absolute Gasteiger partial charge is 0.335 e. The first kappa shape index (κ1) is 14.6. The lowest BCUT2D eigenvalue weighted by atomic mass is 9.95. The maximum atomic E-state index is 12.7. The summed E-state index contributed by atoms with van der Waals surface area (Å²) in [5.74, 6) is -1.06. The van der Waals surface area contributed by atoms with Crippen LogP contribution in [0.3, 0.4) is 0 Å². The summed E-state index contributed by atoms with van der Waals surface area (Å²) in [4.78, 5) is 25.7. The van der Waals surface area contributed by atoms with Gasteiger partial charge in [0.25, 0.3) is 5.91 Å². The third-order valence-electron chi connectivity index (χ3n) is 4.00. The van der Waals surface area contributed by atoms with E-state index < -0.39 is 5.97 Å². The molecule has 1 aliphatic rings. The van der Waals surface area contributed by atoms with Gasteiger partial charge in [-0.2, -0.15) is 0 Å². The first-order valence-electron chi connectivity index (χ1n) is 7.08. The van der Waals surface area contributed by atoms with Crippen molar-refractivity contribution in [2.24, 2.45) is 0 Å². The third kappa shape index (κ3) is 2.84. The first-order chi connectivity index (χ1) is 9.40. The maximum Gasteiger partial charge on any atom is 0.335 e. The Morgan fingerprint density at radius 1 is 1.10 bits per heavy atom. The number of carboxylic acids is 1. The van der Waals surface area contributed by atoms with E-state index in [2.05, 4.69) is 13.8 Å². The maximum absolute atomic E-state index is 12.7. The summed E-state index contributed by atoms with van der Waals surface area (Å²) in [6.07, 6.45) is 3.15. The van der Waals surface area contributed by atoms with Gasteiger partial charge in [0.05, 0.1) is 5.56 Å². The van der Waals surface area contributed by atoms with Crippen molar-refractivity contribution in [3.8, 4) is 0 Å². The Bertz CT molecular complexity index is 529. The zero-order valence-corrected chi connectivity index (χ0v) is 12.2. The van der Waals surface area contributed by atoms with Gasteiger partial charge in [0.1, 0.15) is 0 Å². The van der Waals surface area contributed by atoms with Crippen molar-refractivity contribution >= 4 is 11.9 Å². The Morgan fingerprint density at radius 3 is 2.20 bits per heavy atom. The van der Waals surface area contributed by atoms with E-state index >= 15 is 0 Å². The summed E-state index contributed by atoms with van der Waals surface area (Å²) < 4.78 is 0. The van der Waals surface area contributed by atoms with E-state index in [-0.39, 0.29) is 23.6 Å². The van der Waals surface area contributed by atoms with Crippen LogP contribution in [0.25, 0.3) is 0 Å². The lowest BCUT2D eigenvalue weighted by Gasteiger charge is -2.39. The van der Waals surface area contributed by atoms with Crippen LogP contribution in [-0.4, -0.2) is 34.0 Å². The second-order valence-electron chi connectivity index (χ2n) is 5.73. The number of rotatable bonds is 2. The van der Waals surface area contributed by atoms with Crippen LogP contribution in [0.2, 0.25) is 0 Å². The van der Waals surface area contributed by atoms with Crippen LogP contribution in [0.15, 0.2) is 18.2 Å². The number of likely N-dealkylation sites (tertiary alicyclic amines) is 1. The van der Waals surface area contributed by atoms with Gasteiger partial charge < -0.3 is 10.0 Å². The van der Waals surface area contributed by atoms with Gasteiger partial charge in [0, 0.05) is 17.6 Å². The van der Waals surface area contributed by atoms with Gasteiger partial charge in [-0.1, -0.05) is 0 Å². The number of benzene rings is 1. The quantitative estimate of drug-likeness (QED) is 0.902. The highest BCUT2D eigenvalue weighted by Gasteiger charge is 2.30. The van der Waals surface area contributed by atoms with E-state index in [0.717, 1.165) is 24.8 Å². The van der Waals surface area contributed by atoms with E-state index in [9.17, 15) is 9.59 Å². The molecular formula is C16H21NO3. The van der Waals surface area contributed by atoms with Gasteiger partial charge in [-0.3, -0.25) is 4.79 Å². The van der Waals surface area contributed by atoms with Gasteiger partial charge in [0.2, 0.25) is 0 Å². The minimum atomic E-state index is -0.998. The van der Waals surface area contributed by atoms with Crippen LogP contribution < -0.4 is 0 Å². The van der Waals surface area contributed by atoms with Gasteiger partial charge in [0.15, 0.2) is 0 Å². The Morgan fingerprint density at radius 2 is 1.65 bits per heavy atom. The number of aromatic carboxylic acids is 1. The molecule has 4 nitrogen and oxygen atoms in total. The SMILES string of the molecule is Cc1cc(C(=O)O)cc(C(=O)N2C(C)CCCC2C)c1. The van der Waals surface area contributed by atoms with Crippen LogP contribution in [-0.2, 0) is 0 Å². The number of carbonyl (C=O) groups excluding carboxylic acids is 1. The molecule has 0 bridgehead atoms. The number of hydrogen-bond acceptors (Lipinski definition) is 2. The fraction of sp³-hybridized carbons (Fsp3) is 0.500. The Kier molecular flexibility index (Phi) is 4.12. The molecule has 0 spiro atoms. The molecule has 20 heavy (non-hydrogen) atoms. The summed E-state index contributed by atoms with van der Waals surface area (Å²) >= 11 is 0. The van der Waals surface area contributed by atoms with E-state index in [1.807, 2.05) is 11.8 Å². The van der Waals surface area contributed by atoms with Crippen LogP contribution in [0, 0.1) is 6.92 Å². The fourth-order valence-electron chi connectivity index (χ4n) is 3.00. The molecule has 1 N–H and O–H groups in total. The highest BCUT2D eigenvalue weighted by atomic mass is 16.4. The van der Waals surface area contributed by atoms with E-state index in [4.69, 9.17) is 5.11 Å². The number of carboxylic acid groups (broad SMARTS) is 1.